The van der Waals surface area contributed by atoms with Gasteiger partial charge in [-0.15, -0.1) is 0 Å². The Labute approximate surface area is 110 Å². The maximum Gasteiger partial charge on any atom is 0.159 e. The molecule has 0 unspecified atom stereocenters. The number of halogens is 1. The van der Waals surface area contributed by atoms with Crippen LogP contribution in [0, 0.1) is 5.82 Å². The normalized spacial score (nSPS) is 13.5. The average molecular weight is 256 g/mol. The van der Waals surface area contributed by atoms with Crippen LogP contribution in [0.15, 0.2) is 36.5 Å². The van der Waals surface area contributed by atoms with Crippen molar-refractivity contribution in [3.8, 4) is 0 Å². The van der Waals surface area contributed by atoms with Gasteiger partial charge in [0.15, 0.2) is 5.78 Å². The number of carbonyl (C=O) groups is 1. The van der Waals surface area contributed by atoms with E-state index in [9.17, 15) is 9.18 Å². The highest BCUT2D eigenvalue weighted by Gasteiger charge is 2.22. The number of hydrogen-bond donors (Lipinski definition) is 0. The number of carbonyl (C=O) groups excluding carboxylic acids is 1. The minimum atomic E-state index is -0.256. The molecule has 3 rings (SSSR count). The molecule has 0 fully saturated rings. The summed E-state index contributed by atoms with van der Waals surface area (Å²) in [5.74, 6) is 0.438. The second-order valence-electron chi connectivity index (χ2n) is 4.63. The third kappa shape index (κ3) is 2.10. The lowest BCUT2D eigenvalue weighted by molar-refractivity contribution is 0.101. The molecular weight excluding hydrogens is 243 g/mol. The molecule has 1 aliphatic rings. The molecule has 1 aliphatic heterocycles. The third-order valence-corrected chi connectivity index (χ3v) is 3.37. The summed E-state index contributed by atoms with van der Waals surface area (Å²) in [6.45, 7) is 2.28. The minimum absolute atomic E-state index is 0.00214. The van der Waals surface area contributed by atoms with Crippen LogP contribution in [0.1, 0.15) is 22.8 Å². The van der Waals surface area contributed by atoms with Gasteiger partial charge in [0.2, 0.25) is 0 Å². The zero-order chi connectivity index (χ0) is 13.4. The van der Waals surface area contributed by atoms with Crippen LogP contribution in [0.3, 0.4) is 0 Å². The Morgan fingerprint density at radius 1 is 1.32 bits per heavy atom. The number of fused-ring (bicyclic) bond motifs is 1. The molecule has 2 heterocycles. The highest BCUT2D eigenvalue weighted by molar-refractivity contribution is 5.94. The molecule has 1 aromatic heterocycles. The van der Waals surface area contributed by atoms with Crippen molar-refractivity contribution >= 4 is 17.3 Å². The van der Waals surface area contributed by atoms with Gasteiger partial charge in [0.1, 0.15) is 11.6 Å². The van der Waals surface area contributed by atoms with E-state index in [4.69, 9.17) is 0 Å². The lowest BCUT2D eigenvalue weighted by atomic mass is 10.1. The molecule has 0 radical (unpaired) electrons. The first kappa shape index (κ1) is 11.8. The Morgan fingerprint density at radius 2 is 2.16 bits per heavy atom. The van der Waals surface area contributed by atoms with Crippen LogP contribution in [0.2, 0.25) is 0 Å². The van der Waals surface area contributed by atoms with Crippen LogP contribution in [0.4, 0.5) is 15.9 Å². The molecule has 0 aliphatic carbocycles. The van der Waals surface area contributed by atoms with Gasteiger partial charge in [0.25, 0.3) is 0 Å². The number of aromatic nitrogens is 1. The van der Waals surface area contributed by atoms with Crippen LogP contribution in [-0.4, -0.2) is 17.3 Å². The number of rotatable bonds is 2. The number of hydrogen-bond acceptors (Lipinski definition) is 3. The largest absolute Gasteiger partial charge is 0.326 e. The van der Waals surface area contributed by atoms with Crippen LogP contribution < -0.4 is 4.90 Å². The van der Waals surface area contributed by atoms with Crippen LogP contribution in [-0.2, 0) is 6.42 Å². The molecule has 96 valence electrons. The van der Waals surface area contributed by atoms with Crippen molar-refractivity contribution in [1.82, 2.24) is 4.98 Å². The Bertz CT molecular complexity index is 654. The Balaban J connectivity index is 2.04. The first-order valence-corrected chi connectivity index (χ1v) is 6.18. The summed E-state index contributed by atoms with van der Waals surface area (Å²) >= 11 is 0. The molecule has 0 N–H and O–H groups in total. The van der Waals surface area contributed by atoms with Crippen LogP contribution >= 0.6 is 0 Å². The number of ketones is 1. The fraction of sp³-hybridized carbons (Fsp3) is 0.200. The number of Topliss-reactive ketones (excluding diaryl/α,β-unsaturated/α-hetero) is 1. The second kappa shape index (κ2) is 4.46. The smallest absolute Gasteiger partial charge is 0.159 e. The van der Waals surface area contributed by atoms with Gasteiger partial charge >= 0.3 is 0 Å². The molecule has 2 aromatic rings. The lowest BCUT2D eigenvalue weighted by Gasteiger charge is -2.18. The van der Waals surface area contributed by atoms with E-state index in [-0.39, 0.29) is 11.6 Å². The predicted octanol–water partition coefficient (Wildman–Crippen LogP) is 3.12. The van der Waals surface area contributed by atoms with Crippen molar-refractivity contribution in [3.63, 3.8) is 0 Å². The molecule has 19 heavy (non-hydrogen) atoms. The predicted molar refractivity (Wildman–Crippen MR) is 71.4 cm³/mol. The Hall–Kier alpha value is -2.23. The van der Waals surface area contributed by atoms with E-state index in [2.05, 4.69) is 4.98 Å². The fourth-order valence-electron chi connectivity index (χ4n) is 2.38. The van der Waals surface area contributed by atoms with Gasteiger partial charge in [-0.2, -0.15) is 0 Å². The summed E-state index contributed by atoms with van der Waals surface area (Å²) < 4.78 is 13.4. The number of pyridine rings is 1. The van der Waals surface area contributed by atoms with E-state index in [0.717, 1.165) is 24.2 Å². The van der Waals surface area contributed by atoms with Crippen LogP contribution in [0.25, 0.3) is 0 Å². The first-order chi connectivity index (χ1) is 9.15. The quantitative estimate of drug-likeness (QED) is 0.774. The number of anilines is 2. The molecule has 0 saturated heterocycles. The summed E-state index contributed by atoms with van der Waals surface area (Å²) in [7, 11) is 0. The SMILES string of the molecule is CC(=O)c1ccnc(N2CCc3ccc(F)cc32)c1. The lowest BCUT2D eigenvalue weighted by Crippen LogP contribution is -2.15. The molecular formula is C15H13FN2O. The van der Waals surface area contributed by atoms with E-state index in [1.54, 1.807) is 24.4 Å². The van der Waals surface area contributed by atoms with Gasteiger partial charge in [-0.05, 0) is 43.2 Å². The second-order valence-corrected chi connectivity index (χ2v) is 4.63. The van der Waals surface area contributed by atoms with Crippen molar-refractivity contribution in [3.05, 3.63) is 53.5 Å². The molecule has 0 spiro atoms. The van der Waals surface area contributed by atoms with E-state index >= 15 is 0 Å². The number of nitrogens with zero attached hydrogens (tertiary/aromatic N) is 2. The highest BCUT2D eigenvalue weighted by atomic mass is 19.1. The molecule has 0 amide bonds. The Kier molecular flexibility index (Phi) is 2.78. The monoisotopic (exact) mass is 256 g/mol. The van der Waals surface area contributed by atoms with E-state index < -0.39 is 0 Å². The molecule has 1 aromatic carbocycles. The summed E-state index contributed by atoms with van der Waals surface area (Å²) in [4.78, 5) is 17.6. The summed E-state index contributed by atoms with van der Waals surface area (Å²) in [6.07, 6.45) is 2.48. The summed E-state index contributed by atoms with van der Waals surface area (Å²) in [5, 5.41) is 0. The fourth-order valence-corrected chi connectivity index (χ4v) is 2.38. The van der Waals surface area contributed by atoms with Crippen molar-refractivity contribution in [2.75, 3.05) is 11.4 Å². The van der Waals surface area contributed by atoms with Gasteiger partial charge in [-0.3, -0.25) is 4.79 Å². The van der Waals surface area contributed by atoms with Gasteiger partial charge in [0.05, 0.1) is 0 Å². The van der Waals surface area contributed by atoms with Crippen molar-refractivity contribution in [1.29, 1.82) is 0 Å². The standard InChI is InChI=1S/C15H13FN2O/c1-10(19)12-4-6-17-15(8-12)18-7-5-11-2-3-13(16)9-14(11)18/h2-4,6,8-9H,5,7H2,1H3. The molecule has 0 atom stereocenters. The van der Waals surface area contributed by atoms with Gasteiger partial charge in [0, 0.05) is 24.0 Å². The van der Waals surface area contributed by atoms with Gasteiger partial charge in [-0.1, -0.05) is 6.07 Å². The summed E-state index contributed by atoms with van der Waals surface area (Å²) in [5.41, 5.74) is 2.57. The highest BCUT2D eigenvalue weighted by Crippen LogP contribution is 2.34. The van der Waals surface area contributed by atoms with Crippen LogP contribution in [0.5, 0.6) is 0 Å². The first-order valence-electron chi connectivity index (χ1n) is 6.18. The maximum absolute atomic E-state index is 13.4. The maximum atomic E-state index is 13.4. The summed E-state index contributed by atoms with van der Waals surface area (Å²) in [6, 6.07) is 8.24. The zero-order valence-corrected chi connectivity index (χ0v) is 10.6. The van der Waals surface area contributed by atoms with Gasteiger partial charge in [-0.25, -0.2) is 9.37 Å². The third-order valence-electron chi connectivity index (χ3n) is 3.37. The molecule has 0 bridgehead atoms. The van der Waals surface area contributed by atoms with E-state index in [1.807, 2.05) is 4.90 Å². The van der Waals surface area contributed by atoms with Crippen molar-refractivity contribution < 1.29 is 9.18 Å². The topological polar surface area (TPSA) is 33.2 Å². The Morgan fingerprint density at radius 3 is 2.95 bits per heavy atom. The molecule has 0 saturated carbocycles. The van der Waals surface area contributed by atoms with E-state index in [1.165, 1.54) is 19.1 Å². The average Bonchev–Trinajstić information content (AvgIpc) is 2.81. The minimum Gasteiger partial charge on any atom is -0.326 e. The van der Waals surface area contributed by atoms with Gasteiger partial charge < -0.3 is 4.90 Å². The number of benzene rings is 1. The zero-order valence-electron chi connectivity index (χ0n) is 10.6. The van der Waals surface area contributed by atoms with Crippen molar-refractivity contribution in [2.24, 2.45) is 0 Å². The molecule has 3 nitrogen and oxygen atoms in total. The van der Waals surface area contributed by atoms with Crippen molar-refractivity contribution in [2.45, 2.75) is 13.3 Å². The van der Waals surface area contributed by atoms with E-state index in [0.29, 0.717) is 11.4 Å². The molecule has 4 heteroatoms.